The molecule has 2 atom stereocenters. The van der Waals surface area contributed by atoms with E-state index in [1.165, 1.54) is 11.3 Å². The van der Waals surface area contributed by atoms with Crippen molar-refractivity contribution >= 4 is 50.0 Å². The molecule has 2 aromatic carbocycles. The summed E-state index contributed by atoms with van der Waals surface area (Å²) in [6, 6.07) is 18.4. The monoisotopic (exact) mass is 495 g/mol. The molecule has 1 unspecified atom stereocenters. The normalized spacial score (nSPS) is 13.0. The Hall–Kier alpha value is -2.90. The van der Waals surface area contributed by atoms with E-state index in [0.29, 0.717) is 11.3 Å². The number of carbonyl (C=O) groups excluding carboxylic acids is 2. The predicted molar refractivity (Wildman–Crippen MR) is 128 cm³/mol. The van der Waals surface area contributed by atoms with Gasteiger partial charge in [0.05, 0.1) is 10.9 Å². The van der Waals surface area contributed by atoms with Gasteiger partial charge in [0.15, 0.2) is 0 Å². The van der Waals surface area contributed by atoms with E-state index in [-0.39, 0.29) is 17.9 Å². The molecule has 7 heteroatoms. The first-order valence-electron chi connectivity index (χ1n) is 9.96. The van der Waals surface area contributed by atoms with Crippen LogP contribution in [0.5, 0.6) is 0 Å². The zero-order chi connectivity index (χ0) is 21.8. The second-order valence-electron chi connectivity index (χ2n) is 7.35. The molecule has 5 nitrogen and oxygen atoms in total. The number of H-pyrrole nitrogens is 1. The van der Waals surface area contributed by atoms with Crippen LogP contribution in [0.2, 0.25) is 0 Å². The van der Waals surface area contributed by atoms with Crippen LogP contribution in [-0.4, -0.2) is 22.8 Å². The van der Waals surface area contributed by atoms with E-state index < -0.39 is 6.04 Å². The molecule has 0 bridgehead atoms. The van der Waals surface area contributed by atoms with Crippen LogP contribution < -0.4 is 10.6 Å². The van der Waals surface area contributed by atoms with Crippen molar-refractivity contribution in [3.05, 3.63) is 92.7 Å². The average molecular weight is 496 g/mol. The van der Waals surface area contributed by atoms with Crippen molar-refractivity contribution in [2.24, 2.45) is 0 Å². The van der Waals surface area contributed by atoms with Crippen LogP contribution in [0.25, 0.3) is 10.9 Å². The number of nitrogens with one attached hydrogen (secondary N) is 3. The van der Waals surface area contributed by atoms with Crippen molar-refractivity contribution < 1.29 is 9.59 Å². The van der Waals surface area contributed by atoms with Gasteiger partial charge in [-0.1, -0.05) is 52.3 Å². The van der Waals surface area contributed by atoms with Crippen LogP contribution in [0.3, 0.4) is 0 Å². The number of aromatic amines is 1. The fraction of sp³-hybridized carbons (Fsp3) is 0.167. The first-order chi connectivity index (χ1) is 15.0. The molecule has 4 rings (SSSR count). The van der Waals surface area contributed by atoms with Crippen LogP contribution in [0.15, 0.2) is 76.7 Å². The summed E-state index contributed by atoms with van der Waals surface area (Å²) in [5.74, 6) is -0.461. The summed E-state index contributed by atoms with van der Waals surface area (Å²) >= 11 is 4.78. The van der Waals surface area contributed by atoms with Crippen molar-refractivity contribution in [2.75, 3.05) is 0 Å². The Kier molecular flexibility index (Phi) is 6.53. The van der Waals surface area contributed by atoms with E-state index in [2.05, 4.69) is 31.5 Å². The quantitative estimate of drug-likeness (QED) is 0.329. The third-order valence-corrected chi connectivity index (χ3v) is 6.59. The molecule has 0 radical (unpaired) electrons. The fourth-order valence-electron chi connectivity index (χ4n) is 3.52. The van der Waals surface area contributed by atoms with Gasteiger partial charge < -0.3 is 15.6 Å². The number of aromatic nitrogens is 1. The Labute approximate surface area is 193 Å². The van der Waals surface area contributed by atoms with Crippen LogP contribution in [0, 0.1) is 0 Å². The SMILES string of the molecule is CC(NC(=O)[C@H](Cc1c[nH]c2ccccc12)NC(=O)c1cccs1)c1ccc(Br)cc1. The van der Waals surface area contributed by atoms with Crippen molar-refractivity contribution in [3.63, 3.8) is 0 Å². The van der Waals surface area contributed by atoms with Gasteiger partial charge in [-0.05, 0) is 47.7 Å². The Morgan fingerprint density at radius 1 is 1.03 bits per heavy atom. The lowest BCUT2D eigenvalue weighted by atomic mass is 10.0. The largest absolute Gasteiger partial charge is 0.361 e. The number of benzene rings is 2. The molecule has 2 aromatic heterocycles. The summed E-state index contributed by atoms with van der Waals surface area (Å²) in [7, 11) is 0. The molecule has 0 saturated carbocycles. The van der Waals surface area contributed by atoms with Crippen LogP contribution in [0.1, 0.15) is 33.8 Å². The molecule has 0 saturated heterocycles. The second-order valence-corrected chi connectivity index (χ2v) is 9.21. The van der Waals surface area contributed by atoms with Gasteiger partial charge in [-0.2, -0.15) is 0 Å². The fourth-order valence-corrected chi connectivity index (χ4v) is 4.41. The van der Waals surface area contributed by atoms with Gasteiger partial charge in [-0.15, -0.1) is 11.3 Å². The third-order valence-electron chi connectivity index (χ3n) is 5.19. The van der Waals surface area contributed by atoms with Gasteiger partial charge in [-0.25, -0.2) is 0 Å². The van der Waals surface area contributed by atoms with Crippen LogP contribution in [0.4, 0.5) is 0 Å². The Morgan fingerprint density at radius 3 is 2.55 bits per heavy atom. The zero-order valence-corrected chi connectivity index (χ0v) is 19.3. The molecule has 0 aliphatic heterocycles. The molecule has 2 heterocycles. The first kappa shape index (κ1) is 21.3. The maximum absolute atomic E-state index is 13.2. The summed E-state index contributed by atoms with van der Waals surface area (Å²) in [6.07, 6.45) is 2.29. The van der Waals surface area contributed by atoms with Gasteiger partial charge in [-0.3, -0.25) is 9.59 Å². The minimum atomic E-state index is -0.702. The van der Waals surface area contributed by atoms with Gasteiger partial charge in [0.2, 0.25) is 5.91 Å². The van der Waals surface area contributed by atoms with Crippen molar-refractivity contribution in [1.29, 1.82) is 0 Å². The summed E-state index contributed by atoms with van der Waals surface area (Å²) in [5, 5.41) is 8.87. The number of halogens is 1. The lowest BCUT2D eigenvalue weighted by molar-refractivity contribution is -0.123. The lowest BCUT2D eigenvalue weighted by Gasteiger charge is -2.21. The minimum absolute atomic E-state index is 0.190. The maximum Gasteiger partial charge on any atom is 0.262 e. The molecule has 0 aliphatic rings. The van der Waals surface area contributed by atoms with Gasteiger partial charge in [0.25, 0.3) is 5.91 Å². The van der Waals surface area contributed by atoms with E-state index in [1.807, 2.05) is 73.1 Å². The average Bonchev–Trinajstić information content (AvgIpc) is 3.44. The molecule has 0 fully saturated rings. The minimum Gasteiger partial charge on any atom is -0.361 e. The molecule has 158 valence electrons. The number of hydrogen-bond acceptors (Lipinski definition) is 3. The summed E-state index contributed by atoms with van der Waals surface area (Å²) < 4.78 is 0.982. The maximum atomic E-state index is 13.2. The van der Waals surface area contributed by atoms with Gasteiger partial charge in [0.1, 0.15) is 6.04 Å². The Balaban J connectivity index is 1.55. The van der Waals surface area contributed by atoms with E-state index in [0.717, 1.165) is 26.5 Å². The number of amides is 2. The Bertz CT molecular complexity index is 1190. The van der Waals surface area contributed by atoms with E-state index in [1.54, 1.807) is 6.07 Å². The van der Waals surface area contributed by atoms with Crippen molar-refractivity contribution in [3.8, 4) is 0 Å². The first-order valence-corrected chi connectivity index (χ1v) is 11.6. The highest BCUT2D eigenvalue weighted by molar-refractivity contribution is 9.10. The molecule has 4 aromatic rings. The summed E-state index contributed by atoms with van der Waals surface area (Å²) in [4.78, 5) is 29.8. The molecule has 3 N–H and O–H groups in total. The lowest BCUT2D eigenvalue weighted by Crippen LogP contribution is -2.48. The molecular formula is C24H22BrN3O2S. The third kappa shape index (κ3) is 5.06. The number of rotatable bonds is 7. The number of fused-ring (bicyclic) bond motifs is 1. The topological polar surface area (TPSA) is 74.0 Å². The highest BCUT2D eigenvalue weighted by atomic mass is 79.9. The number of para-hydroxylation sites is 1. The number of thiophene rings is 1. The second kappa shape index (κ2) is 9.49. The van der Waals surface area contributed by atoms with E-state index in [9.17, 15) is 9.59 Å². The van der Waals surface area contributed by atoms with Crippen molar-refractivity contribution in [1.82, 2.24) is 15.6 Å². The highest BCUT2D eigenvalue weighted by Gasteiger charge is 2.25. The summed E-state index contributed by atoms with van der Waals surface area (Å²) in [6.45, 7) is 1.94. The van der Waals surface area contributed by atoms with Crippen LogP contribution in [-0.2, 0) is 11.2 Å². The van der Waals surface area contributed by atoms with Gasteiger partial charge in [0, 0.05) is 28.0 Å². The van der Waals surface area contributed by atoms with Gasteiger partial charge >= 0.3 is 0 Å². The summed E-state index contributed by atoms with van der Waals surface area (Å²) in [5.41, 5.74) is 2.98. The molecule has 0 aliphatic carbocycles. The highest BCUT2D eigenvalue weighted by Crippen LogP contribution is 2.21. The predicted octanol–water partition coefficient (Wildman–Crippen LogP) is 5.21. The molecular weight excluding hydrogens is 474 g/mol. The zero-order valence-electron chi connectivity index (χ0n) is 16.9. The number of hydrogen-bond donors (Lipinski definition) is 3. The van der Waals surface area contributed by atoms with E-state index in [4.69, 9.17) is 0 Å². The smallest absolute Gasteiger partial charge is 0.262 e. The van der Waals surface area contributed by atoms with E-state index >= 15 is 0 Å². The van der Waals surface area contributed by atoms with Crippen molar-refractivity contribution in [2.45, 2.75) is 25.4 Å². The molecule has 0 spiro atoms. The number of carbonyl (C=O) groups is 2. The Morgan fingerprint density at radius 2 is 1.81 bits per heavy atom. The van der Waals surface area contributed by atoms with Crippen LogP contribution >= 0.6 is 27.3 Å². The molecule has 2 amide bonds. The standard InChI is InChI=1S/C24H22BrN3O2S/c1-15(16-8-10-18(25)11-9-16)27-23(29)21(28-24(30)22-7-4-12-31-22)13-17-14-26-20-6-3-2-5-19(17)20/h2-12,14-15,21,26H,13H2,1H3,(H,27,29)(H,28,30)/t15?,21-/m0/s1. The molecule has 31 heavy (non-hydrogen) atoms.